The van der Waals surface area contributed by atoms with E-state index in [1.165, 1.54) is 4.90 Å². The standard InChI is InChI=1S/C21H26ClN3O3/c22-16-9-7-15(8-10-16)18(14-5-6-14)23-17(26)4-3-13-25-19(27)21(24-20(25)28)11-1-2-12-21/h7-10,14,18H,1-6,11-13H2,(H,23,26)(H,24,28)/t18-/m1/s1. The molecule has 1 aliphatic heterocycles. The van der Waals surface area contributed by atoms with Crippen LogP contribution in [0.15, 0.2) is 24.3 Å². The van der Waals surface area contributed by atoms with E-state index in [9.17, 15) is 14.4 Å². The second-order valence-corrected chi connectivity index (χ2v) is 8.65. The Hall–Kier alpha value is -2.08. The van der Waals surface area contributed by atoms with E-state index in [-0.39, 0.29) is 30.4 Å². The Morgan fingerprint density at radius 2 is 1.89 bits per heavy atom. The maximum Gasteiger partial charge on any atom is 0.325 e. The summed E-state index contributed by atoms with van der Waals surface area (Å²) >= 11 is 5.96. The van der Waals surface area contributed by atoms with Gasteiger partial charge in [-0.3, -0.25) is 14.5 Å². The van der Waals surface area contributed by atoms with Gasteiger partial charge in [-0.15, -0.1) is 0 Å². The fourth-order valence-corrected chi connectivity index (χ4v) is 4.54. The fourth-order valence-electron chi connectivity index (χ4n) is 4.41. The van der Waals surface area contributed by atoms with Gasteiger partial charge in [0.15, 0.2) is 0 Å². The van der Waals surface area contributed by atoms with Crippen LogP contribution in [0.3, 0.4) is 0 Å². The van der Waals surface area contributed by atoms with E-state index in [0.717, 1.165) is 44.1 Å². The summed E-state index contributed by atoms with van der Waals surface area (Å²) in [6, 6.07) is 7.29. The Labute approximate surface area is 170 Å². The summed E-state index contributed by atoms with van der Waals surface area (Å²) in [5.41, 5.74) is 0.392. The molecule has 150 valence electrons. The van der Waals surface area contributed by atoms with Crippen molar-refractivity contribution in [3.63, 3.8) is 0 Å². The summed E-state index contributed by atoms with van der Waals surface area (Å²) in [5, 5.41) is 6.68. The Morgan fingerprint density at radius 1 is 1.21 bits per heavy atom. The minimum Gasteiger partial charge on any atom is -0.349 e. The molecule has 28 heavy (non-hydrogen) atoms. The predicted octanol–water partition coefficient (Wildman–Crippen LogP) is 3.55. The van der Waals surface area contributed by atoms with Crippen LogP contribution in [0.5, 0.6) is 0 Å². The first kappa shape index (κ1) is 19.2. The van der Waals surface area contributed by atoms with Gasteiger partial charge in [-0.1, -0.05) is 36.6 Å². The average Bonchev–Trinajstić information content (AvgIpc) is 3.36. The molecule has 3 aliphatic rings. The zero-order valence-corrected chi connectivity index (χ0v) is 16.6. The number of urea groups is 1. The van der Waals surface area contributed by atoms with Gasteiger partial charge < -0.3 is 10.6 Å². The molecule has 2 aliphatic carbocycles. The number of hydrogen-bond donors (Lipinski definition) is 2. The normalized spacial score (nSPS) is 21.8. The molecule has 0 radical (unpaired) electrons. The van der Waals surface area contributed by atoms with E-state index in [1.807, 2.05) is 24.3 Å². The number of amides is 4. The quantitative estimate of drug-likeness (QED) is 0.683. The van der Waals surface area contributed by atoms with Gasteiger partial charge in [0.1, 0.15) is 5.54 Å². The van der Waals surface area contributed by atoms with Gasteiger partial charge in [0, 0.05) is 18.0 Å². The summed E-state index contributed by atoms with van der Waals surface area (Å²) in [5.74, 6) is 0.306. The second kappa shape index (κ2) is 7.74. The molecule has 6 nitrogen and oxygen atoms in total. The average molecular weight is 404 g/mol. The van der Waals surface area contributed by atoms with Gasteiger partial charge in [-0.2, -0.15) is 0 Å². The number of halogens is 1. The van der Waals surface area contributed by atoms with Crippen LogP contribution >= 0.6 is 11.6 Å². The first-order chi connectivity index (χ1) is 13.5. The van der Waals surface area contributed by atoms with Gasteiger partial charge in [-0.25, -0.2) is 4.79 Å². The monoisotopic (exact) mass is 403 g/mol. The molecule has 0 aromatic heterocycles. The van der Waals surface area contributed by atoms with Crippen molar-refractivity contribution in [2.75, 3.05) is 6.54 Å². The minimum atomic E-state index is -0.676. The van der Waals surface area contributed by atoms with Crippen LogP contribution in [0.2, 0.25) is 5.02 Å². The summed E-state index contributed by atoms with van der Waals surface area (Å²) in [6.45, 7) is 0.287. The third kappa shape index (κ3) is 3.88. The number of hydrogen-bond acceptors (Lipinski definition) is 3. The van der Waals surface area contributed by atoms with Crippen LogP contribution in [0.4, 0.5) is 4.79 Å². The van der Waals surface area contributed by atoms with Crippen molar-refractivity contribution in [2.45, 2.75) is 62.9 Å². The largest absolute Gasteiger partial charge is 0.349 e. The number of imide groups is 1. The number of carbonyl (C=O) groups is 3. The van der Waals surface area contributed by atoms with E-state index in [4.69, 9.17) is 11.6 Å². The second-order valence-electron chi connectivity index (χ2n) is 8.21. The lowest BCUT2D eigenvalue weighted by molar-refractivity contribution is -0.131. The lowest BCUT2D eigenvalue weighted by Gasteiger charge is -2.20. The number of nitrogens with zero attached hydrogens (tertiary/aromatic N) is 1. The molecular formula is C21H26ClN3O3. The molecule has 1 spiro atoms. The first-order valence-electron chi connectivity index (χ1n) is 10.2. The van der Waals surface area contributed by atoms with Crippen LogP contribution in [0.1, 0.15) is 63.0 Å². The highest BCUT2D eigenvalue weighted by Gasteiger charge is 2.52. The fraction of sp³-hybridized carbons (Fsp3) is 0.571. The molecular weight excluding hydrogens is 378 g/mol. The van der Waals surface area contributed by atoms with Crippen molar-refractivity contribution in [1.82, 2.24) is 15.5 Å². The number of benzene rings is 1. The minimum absolute atomic E-state index is 0.00300. The van der Waals surface area contributed by atoms with Gasteiger partial charge in [-0.05, 0) is 55.7 Å². The SMILES string of the molecule is O=C(CCCN1C(=O)NC2(CCCC2)C1=O)N[C@@H](c1ccc(Cl)cc1)C1CC1. The zero-order chi connectivity index (χ0) is 19.7. The molecule has 1 aromatic rings. The van der Waals surface area contributed by atoms with Crippen molar-refractivity contribution in [3.8, 4) is 0 Å². The Kier molecular flexibility index (Phi) is 5.32. The van der Waals surface area contributed by atoms with E-state index in [0.29, 0.717) is 23.8 Å². The van der Waals surface area contributed by atoms with E-state index < -0.39 is 5.54 Å². The lowest BCUT2D eigenvalue weighted by Crippen LogP contribution is -2.44. The van der Waals surface area contributed by atoms with Crippen molar-refractivity contribution in [3.05, 3.63) is 34.9 Å². The third-order valence-corrected chi connectivity index (χ3v) is 6.38. The summed E-state index contributed by atoms with van der Waals surface area (Å²) in [6.07, 6.45) is 6.36. The van der Waals surface area contributed by atoms with Crippen LogP contribution < -0.4 is 10.6 Å². The molecule has 2 N–H and O–H groups in total. The van der Waals surface area contributed by atoms with Crippen LogP contribution in [-0.2, 0) is 9.59 Å². The third-order valence-electron chi connectivity index (χ3n) is 6.13. The zero-order valence-electron chi connectivity index (χ0n) is 15.9. The van der Waals surface area contributed by atoms with Crippen molar-refractivity contribution in [2.24, 2.45) is 5.92 Å². The highest BCUT2D eigenvalue weighted by atomic mass is 35.5. The Balaban J connectivity index is 1.29. The molecule has 2 saturated carbocycles. The molecule has 3 fully saturated rings. The molecule has 1 aromatic carbocycles. The molecule has 1 heterocycles. The highest BCUT2D eigenvalue weighted by Crippen LogP contribution is 2.41. The number of nitrogens with one attached hydrogen (secondary N) is 2. The maximum absolute atomic E-state index is 12.6. The van der Waals surface area contributed by atoms with Gasteiger partial charge >= 0.3 is 6.03 Å². The molecule has 0 bridgehead atoms. The summed E-state index contributed by atoms with van der Waals surface area (Å²) in [7, 11) is 0. The summed E-state index contributed by atoms with van der Waals surface area (Å²) < 4.78 is 0. The number of carbonyl (C=O) groups excluding carboxylic acids is 3. The van der Waals surface area contributed by atoms with Crippen molar-refractivity contribution >= 4 is 29.4 Å². The molecule has 1 atom stereocenters. The Morgan fingerprint density at radius 3 is 2.54 bits per heavy atom. The summed E-state index contributed by atoms with van der Waals surface area (Å²) in [4.78, 5) is 38.6. The van der Waals surface area contributed by atoms with E-state index >= 15 is 0 Å². The van der Waals surface area contributed by atoms with Gasteiger partial charge in [0.25, 0.3) is 5.91 Å². The molecule has 7 heteroatoms. The van der Waals surface area contributed by atoms with Crippen molar-refractivity contribution < 1.29 is 14.4 Å². The van der Waals surface area contributed by atoms with Crippen LogP contribution in [0.25, 0.3) is 0 Å². The van der Waals surface area contributed by atoms with Crippen LogP contribution in [0, 0.1) is 5.92 Å². The predicted molar refractivity (Wildman–Crippen MR) is 106 cm³/mol. The van der Waals surface area contributed by atoms with Crippen LogP contribution in [-0.4, -0.2) is 34.8 Å². The molecule has 1 saturated heterocycles. The smallest absolute Gasteiger partial charge is 0.325 e. The van der Waals surface area contributed by atoms with Crippen molar-refractivity contribution in [1.29, 1.82) is 0 Å². The van der Waals surface area contributed by atoms with Gasteiger partial charge in [0.2, 0.25) is 5.91 Å². The van der Waals surface area contributed by atoms with Gasteiger partial charge in [0.05, 0.1) is 6.04 Å². The van der Waals surface area contributed by atoms with E-state index in [1.54, 1.807) is 0 Å². The number of rotatable bonds is 7. The molecule has 0 unspecified atom stereocenters. The first-order valence-corrected chi connectivity index (χ1v) is 10.6. The Bertz CT molecular complexity index is 770. The highest BCUT2D eigenvalue weighted by molar-refractivity contribution is 6.30. The lowest BCUT2D eigenvalue weighted by atomic mass is 9.98. The van der Waals surface area contributed by atoms with E-state index in [2.05, 4.69) is 10.6 Å². The molecule has 4 rings (SSSR count). The topological polar surface area (TPSA) is 78.5 Å². The molecule has 4 amide bonds. The maximum atomic E-state index is 12.6.